The summed E-state index contributed by atoms with van der Waals surface area (Å²) in [6.45, 7) is 1.78. The van der Waals surface area contributed by atoms with E-state index in [2.05, 4.69) is 38.3 Å². The molecule has 10 heteroatoms. The minimum Gasteiger partial charge on any atom is -0.497 e. The second kappa shape index (κ2) is 10.1. The number of piperazine rings is 1. The van der Waals surface area contributed by atoms with Crippen LogP contribution >= 0.6 is 0 Å². The van der Waals surface area contributed by atoms with E-state index in [-0.39, 0.29) is 23.9 Å². The van der Waals surface area contributed by atoms with E-state index in [0.29, 0.717) is 30.7 Å². The highest BCUT2D eigenvalue weighted by Crippen LogP contribution is 2.67. The molecule has 6 aliphatic rings. The number of nitrogens with one attached hydrogen (secondary N) is 1. The molecule has 0 spiro atoms. The zero-order chi connectivity index (χ0) is 31.5. The number of fused-ring (bicyclic) bond motifs is 10. The normalized spacial score (nSPS) is 28.8. The van der Waals surface area contributed by atoms with Crippen LogP contribution in [0.5, 0.6) is 5.75 Å². The van der Waals surface area contributed by atoms with Gasteiger partial charge < -0.3 is 19.1 Å². The molecule has 3 aliphatic carbocycles. The van der Waals surface area contributed by atoms with E-state index in [1.165, 1.54) is 30.4 Å². The first-order chi connectivity index (χ1) is 22.2. The fraction of sp³-hybridized carbons (Fsp3) is 0.556. The molecule has 0 radical (unpaired) electrons. The van der Waals surface area contributed by atoms with Crippen LogP contribution in [0.1, 0.15) is 97.5 Å². The van der Waals surface area contributed by atoms with Crippen LogP contribution in [0.3, 0.4) is 0 Å². The van der Waals surface area contributed by atoms with Crippen molar-refractivity contribution < 1.29 is 22.7 Å². The number of methoxy groups -OCH3 is 1. The lowest BCUT2D eigenvalue weighted by Gasteiger charge is -2.43. The Morgan fingerprint density at radius 2 is 1.67 bits per heavy atom. The molecule has 242 valence electrons. The van der Waals surface area contributed by atoms with E-state index in [0.717, 1.165) is 66.7 Å². The maximum absolute atomic E-state index is 15.2. The average Bonchev–Trinajstić information content (AvgIpc) is 3.98. The largest absolute Gasteiger partial charge is 0.497 e. The van der Waals surface area contributed by atoms with Crippen molar-refractivity contribution in [3.8, 4) is 17.0 Å². The number of carbonyl (C=O) groups is 2. The van der Waals surface area contributed by atoms with E-state index in [1.807, 2.05) is 18.2 Å². The third-order valence-corrected chi connectivity index (χ3v) is 13.8. The standard InChI is InChI=1S/C36H42N4O5S/c1-38-19-23-9-10-24(20-38)39(23)35(42)36-18-30(36)29-17-25(45-2)11-15-27(29)33-32(21-6-4-3-5-7-21)28-14-8-22(16-31(28)40(33)36)34(41)37-46(43,44)26-12-13-26/h8,11,14-17,21,23-24,26,30H,3-7,9-10,12-13,18-20H2,1-2H3,(H,37,41). The number of nitrogens with zero attached hydrogens (tertiary/aromatic N) is 3. The Labute approximate surface area is 270 Å². The van der Waals surface area contributed by atoms with Crippen LogP contribution in [0.4, 0.5) is 0 Å². The summed E-state index contributed by atoms with van der Waals surface area (Å²) in [7, 11) is 0.145. The zero-order valence-electron chi connectivity index (χ0n) is 26.6. The number of ether oxygens (including phenoxy) is 1. The number of likely N-dealkylation sites (tertiary alicyclic amines) is 1. The molecule has 4 atom stereocenters. The molecule has 1 aromatic heterocycles. The van der Waals surface area contributed by atoms with E-state index in [1.54, 1.807) is 13.2 Å². The van der Waals surface area contributed by atoms with Gasteiger partial charge in [0.1, 0.15) is 11.3 Å². The predicted octanol–water partition coefficient (Wildman–Crippen LogP) is 5.09. The zero-order valence-corrected chi connectivity index (χ0v) is 27.4. The summed E-state index contributed by atoms with van der Waals surface area (Å²) in [6.07, 6.45) is 9.67. The van der Waals surface area contributed by atoms with Gasteiger partial charge in [-0.1, -0.05) is 25.3 Å². The van der Waals surface area contributed by atoms with Crippen molar-refractivity contribution in [3.05, 3.63) is 53.1 Å². The monoisotopic (exact) mass is 642 g/mol. The molecule has 4 unspecified atom stereocenters. The molecule has 5 fully saturated rings. The second-order valence-corrected chi connectivity index (χ2v) is 16.8. The minimum atomic E-state index is -3.70. The molecule has 4 heterocycles. The number of amides is 2. The molecule has 9 nitrogen and oxygen atoms in total. The fourth-order valence-electron chi connectivity index (χ4n) is 9.63. The number of sulfonamides is 1. The summed E-state index contributed by atoms with van der Waals surface area (Å²) in [4.78, 5) is 33.3. The Kier molecular flexibility index (Phi) is 6.31. The van der Waals surface area contributed by atoms with Crippen molar-refractivity contribution in [3.63, 3.8) is 0 Å². The summed E-state index contributed by atoms with van der Waals surface area (Å²) < 4.78 is 35.8. The van der Waals surface area contributed by atoms with Gasteiger partial charge in [0, 0.05) is 47.6 Å². The molecule has 2 bridgehead atoms. The SMILES string of the molecule is COc1ccc2c(c1)C1CC1(C(=O)N1C3CCC1CN(C)C3)n1c-2c(C2CCCCC2)c2ccc(C(=O)NS(=O)(=O)C3CC3)cc21. The number of likely N-dealkylation sites (N-methyl/N-ethyl adjacent to an activating group) is 1. The first kappa shape index (κ1) is 28.8. The van der Waals surface area contributed by atoms with Crippen LogP contribution in [0.2, 0.25) is 0 Å². The average molecular weight is 643 g/mol. The van der Waals surface area contributed by atoms with E-state index in [4.69, 9.17) is 4.74 Å². The maximum Gasteiger partial charge on any atom is 0.264 e. The lowest BCUT2D eigenvalue weighted by molar-refractivity contribution is -0.142. The van der Waals surface area contributed by atoms with Crippen LogP contribution in [0, 0.1) is 0 Å². The molecule has 2 aromatic carbocycles. The van der Waals surface area contributed by atoms with Crippen molar-refractivity contribution in [2.24, 2.45) is 0 Å². The Balaban J connectivity index is 1.27. The van der Waals surface area contributed by atoms with Crippen molar-refractivity contribution in [1.29, 1.82) is 0 Å². The molecule has 1 N–H and O–H groups in total. The molecule has 2 amide bonds. The van der Waals surface area contributed by atoms with Gasteiger partial charge >= 0.3 is 0 Å². The van der Waals surface area contributed by atoms with Gasteiger partial charge in [0.05, 0.1) is 23.6 Å². The molecule has 9 rings (SSSR count). The summed E-state index contributed by atoms with van der Waals surface area (Å²) in [5.74, 6) is 0.741. The molecule has 3 aromatic rings. The Morgan fingerprint density at radius 3 is 2.37 bits per heavy atom. The highest BCUT2D eigenvalue weighted by Gasteiger charge is 2.68. The Morgan fingerprint density at radius 1 is 0.935 bits per heavy atom. The Hall–Kier alpha value is -3.37. The number of hydrogen-bond donors (Lipinski definition) is 1. The number of benzene rings is 2. The van der Waals surface area contributed by atoms with Gasteiger partial charge in [-0.05, 0) is 99.4 Å². The van der Waals surface area contributed by atoms with Gasteiger partial charge in [-0.2, -0.15) is 0 Å². The van der Waals surface area contributed by atoms with Gasteiger partial charge in [0.2, 0.25) is 15.9 Å². The van der Waals surface area contributed by atoms with Crippen LogP contribution in [0.15, 0.2) is 36.4 Å². The van der Waals surface area contributed by atoms with Crippen molar-refractivity contribution in [1.82, 2.24) is 19.1 Å². The van der Waals surface area contributed by atoms with Crippen molar-refractivity contribution in [2.45, 2.75) is 98.9 Å². The number of carbonyl (C=O) groups excluding carboxylic acids is 2. The van der Waals surface area contributed by atoms with Gasteiger partial charge in [0.15, 0.2) is 0 Å². The van der Waals surface area contributed by atoms with E-state index < -0.39 is 26.7 Å². The highest BCUT2D eigenvalue weighted by atomic mass is 32.2. The first-order valence-corrected chi connectivity index (χ1v) is 18.7. The van der Waals surface area contributed by atoms with Crippen LogP contribution in [-0.2, 0) is 20.4 Å². The van der Waals surface area contributed by atoms with Gasteiger partial charge in [-0.25, -0.2) is 13.1 Å². The van der Waals surface area contributed by atoms with Crippen LogP contribution in [-0.4, -0.2) is 79.2 Å². The molecule has 2 saturated heterocycles. The lowest BCUT2D eigenvalue weighted by Crippen LogP contribution is -2.58. The highest BCUT2D eigenvalue weighted by molar-refractivity contribution is 7.91. The molecule has 46 heavy (non-hydrogen) atoms. The minimum absolute atomic E-state index is 0.000751. The van der Waals surface area contributed by atoms with Crippen molar-refractivity contribution >= 4 is 32.7 Å². The van der Waals surface area contributed by atoms with E-state index >= 15 is 4.79 Å². The summed E-state index contributed by atoms with van der Waals surface area (Å²) in [5.41, 5.74) is 5.09. The second-order valence-electron chi connectivity index (χ2n) is 14.8. The van der Waals surface area contributed by atoms with Gasteiger partial charge in [-0.3, -0.25) is 9.59 Å². The van der Waals surface area contributed by atoms with Gasteiger partial charge in [0.25, 0.3) is 5.91 Å². The Bertz CT molecular complexity index is 1890. The molecular formula is C36H42N4O5S. The van der Waals surface area contributed by atoms with Crippen LogP contribution < -0.4 is 9.46 Å². The summed E-state index contributed by atoms with van der Waals surface area (Å²) >= 11 is 0. The molecule has 3 saturated carbocycles. The number of aromatic nitrogens is 1. The third kappa shape index (κ3) is 4.11. The maximum atomic E-state index is 15.2. The van der Waals surface area contributed by atoms with E-state index in [9.17, 15) is 13.2 Å². The first-order valence-electron chi connectivity index (χ1n) is 17.2. The molecular weight excluding hydrogens is 600 g/mol. The number of rotatable bonds is 6. The lowest BCUT2D eigenvalue weighted by atomic mass is 9.80. The van der Waals surface area contributed by atoms with Gasteiger partial charge in [-0.15, -0.1) is 0 Å². The third-order valence-electron chi connectivity index (χ3n) is 12.0. The van der Waals surface area contributed by atoms with Crippen molar-refractivity contribution in [2.75, 3.05) is 27.2 Å². The summed E-state index contributed by atoms with van der Waals surface area (Å²) in [5, 5.41) is 0.589. The fourth-order valence-corrected chi connectivity index (χ4v) is 10.9. The molecule has 3 aliphatic heterocycles. The quantitative estimate of drug-likeness (QED) is 0.402. The smallest absolute Gasteiger partial charge is 0.264 e. The predicted molar refractivity (Wildman–Crippen MR) is 176 cm³/mol. The summed E-state index contributed by atoms with van der Waals surface area (Å²) in [6, 6.07) is 12.4. The topological polar surface area (TPSA) is 101 Å². The van der Waals surface area contributed by atoms with Crippen LogP contribution in [0.25, 0.3) is 22.2 Å². The number of hydrogen-bond acceptors (Lipinski definition) is 6.